The molecular formula is C21H19ClN2O3S. The van der Waals surface area contributed by atoms with Gasteiger partial charge in [-0.15, -0.1) is 0 Å². The Balaban J connectivity index is 1.80. The second-order valence-corrected chi connectivity index (χ2v) is 8.36. The van der Waals surface area contributed by atoms with E-state index in [9.17, 15) is 13.2 Å². The van der Waals surface area contributed by atoms with Crippen LogP contribution in [0.2, 0.25) is 5.02 Å². The number of carbonyl (C=O) groups excluding carboxylic acids is 1. The van der Waals surface area contributed by atoms with Crippen LogP contribution in [-0.4, -0.2) is 20.9 Å². The van der Waals surface area contributed by atoms with Crippen molar-refractivity contribution < 1.29 is 13.2 Å². The summed E-state index contributed by atoms with van der Waals surface area (Å²) in [5, 5.41) is 3.36. The summed E-state index contributed by atoms with van der Waals surface area (Å²) in [7, 11) is -3.88. The Morgan fingerprint density at radius 2 is 1.43 bits per heavy atom. The molecule has 7 heteroatoms. The molecule has 0 saturated carbocycles. The van der Waals surface area contributed by atoms with Crippen molar-refractivity contribution in [3.8, 4) is 0 Å². The van der Waals surface area contributed by atoms with E-state index < -0.39 is 15.9 Å². The Morgan fingerprint density at radius 3 is 2.04 bits per heavy atom. The van der Waals surface area contributed by atoms with Gasteiger partial charge in [-0.1, -0.05) is 60.1 Å². The molecule has 5 nitrogen and oxygen atoms in total. The molecule has 0 atom stereocenters. The van der Waals surface area contributed by atoms with Gasteiger partial charge in [-0.05, 0) is 42.0 Å². The minimum Gasteiger partial charge on any atom is -0.350 e. The van der Waals surface area contributed by atoms with Crippen LogP contribution in [0.15, 0.2) is 89.8 Å². The molecule has 0 aliphatic heterocycles. The first kappa shape index (κ1) is 19.9. The smallest absolute Gasteiger partial charge is 0.264 e. The van der Waals surface area contributed by atoms with Gasteiger partial charge in [-0.3, -0.25) is 9.10 Å². The van der Waals surface area contributed by atoms with Gasteiger partial charge < -0.3 is 5.32 Å². The molecule has 0 aliphatic rings. The van der Waals surface area contributed by atoms with Crippen LogP contribution < -0.4 is 9.62 Å². The minimum atomic E-state index is -3.88. The Labute approximate surface area is 169 Å². The predicted molar refractivity (Wildman–Crippen MR) is 111 cm³/mol. The van der Waals surface area contributed by atoms with Crippen molar-refractivity contribution in [3.63, 3.8) is 0 Å². The zero-order chi connectivity index (χ0) is 20.0. The monoisotopic (exact) mass is 414 g/mol. The number of nitrogens with zero attached hydrogens (tertiary/aromatic N) is 1. The van der Waals surface area contributed by atoms with Gasteiger partial charge in [-0.25, -0.2) is 8.42 Å². The van der Waals surface area contributed by atoms with Crippen LogP contribution in [0.1, 0.15) is 5.56 Å². The van der Waals surface area contributed by atoms with Gasteiger partial charge in [0.15, 0.2) is 0 Å². The third-order valence-electron chi connectivity index (χ3n) is 4.07. The average Bonchev–Trinajstić information content (AvgIpc) is 2.73. The second kappa shape index (κ2) is 8.91. The van der Waals surface area contributed by atoms with Crippen molar-refractivity contribution in [2.75, 3.05) is 10.8 Å². The summed E-state index contributed by atoms with van der Waals surface area (Å²) in [6.45, 7) is -0.0428. The summed E-state index contributed by atoms with van der Waals surface area (Å²) in [5.74, 6) is -0.404. The third kappa shape index (κ3) is 4.91. The van der Waals surface area contributed by atoms with Gasteiger partial charge >= 0.3 is 0 Å². The van der Waals surface area contributed by atoms with E-state index in [0.29, 0.717) is 10.7 Å². The van der Waals surface area contributed by atoms with Crippen LogP contribution in [0.25, 0.3) is 0 Å². The maximum atomic E-state index is 13.1. The maximum absolute atomic E-state index is 13.1. The van der Waals surface area contributed by atoms with E-state index in [1.54, 1.807) is 72.8 Å². The van der Waals surface area contributed by atoms with E-state index >= 15 is 0 Å². The van der Waals surface area contributed by atoms with Crippen molar-refractivity contribution in [3.05, 3.63) is 95.5 Å². The van der Waals surface area contributed by atoms with Crippen LogP contribution in [0.4, 0.5) is 5.69 Å². The molecular weight excluding hydrogens is 396 g/mol. The molecule has 0 saturated heterocycles. The first-order chi connectivity index (χ1) is 13.5. The Hall–Kier alpha value is -2.83. The van der Waals surface area contributed by atoms with Crippen LogP contribution in [0.3, 0.4) is 0 Å². The summed E-state index contributed by atoms with van der Waals surface area (Å²) in [5.41, 5.74) is 1.29. The Kier molecular flexibility index (Phi) is 6.34. The first-order valence-electron chi connectivity index (χ1n) is 8.61. The van der Waals surface area contributed by atoms with Gasteiger partial charge in [-0.2, -0.15) is 0 Å². The zero-order valence-electron chi connectivity index (χ0n) is 15.0. The van der Waals surface area contributed by atoms with Crippen molar-refractivity contribution in [2.24, 2.45) is 0 Å². The molecule has 3 aromatic rings. The first-order valence-corrected chi connectivity index (χ1v) is 10.4. The van der Waals surface area contributed by atoms with Crippen LogP contribution >= 0.6 is 11.6 Å². The van der Waals surface area contributed by atoms with E-state index in [1.165, 1.54) is 12.1 Å². The summed E-state index contributed by atoms with van der Waals surface area (Å²) < 4.78 is 27.3. The number of anilines is 1. The number of sulfonamides is 1. The topological polar surface area (TPSA) is 66.5 Å². The molecule has 0 aliphatic carbocycles. The van der Waals surface area contributed by atoms with Crippen molar-refractivity contribution in [1.29, 1.82) is 0 Å². The highest BCUT2D eigenvalue weighted by molar-refractivity contribution is 7.92. The lowest BCUT2D eigenvalue weighted by Crippen LogP contribution is -2.40. The van der Waals surface area contributed by atoms with Gasteiger partial charge in [0, 0.05) is 11.6 Å². The molecule has 0 bridgehead atoms. The predicted octanol–water partition coefficient (Wildman–Crippen LogP) is 3.85. The molecule has 28 heavy (non-hydrogen) atoms. The number of halogens is 1. The largest absolute Gasteiger partial charge is 0.350 e. The fourth-order valence-corrected chi connectivity index (χ4v) is 4.19. The number of rotatable bonds is 7. The molecule has 3 aromatic carbocycles. The zero-order valence-corrected chi connectivity index (χ0v) is 16.5. The molecule has 0 spiro atoms. The fraction of sp³-hybridized carbons (Fsp3) is 0.0952. The summed E-state index contributed by atoms with van der Waals surface area (Å²) in [6, 6.07) is 23.7. The maximum Gasteiger partial charge on any atom is 0.264 e. The highest BCUT2D eigenvalue weighted by atomic mass is 35.5. The molecule has 0 unspecified atom stereocenters. The van der Waals surface area contributed by atoms with Gasteiger partial charge in [0.1, 0.15) is 6.54 Å². The average molecular weight is 415 g/mol. The van der Waals surface area contributed by atoms with Crippen LogP contribution in [0.5, 0.6) is 0 Å². The third-order valence-corrected chi connectivity index (χ3v) is 6.11. The number of hydrogen-bond acceptors (Lipinski definition) is 3. The number of carbonyl (C=O) groups is 1. The lowest BCUT2D eigenvalue weighted by atomic mass is 10.2. The van der Waals surface area contributed by atoms with Gasteiger partial charge in [0.2, 0.25) is 5.91 Å². The number of amides is 1. The highest BCUT2D eigenvalue weighted by Gasteiger charge is 2.26. The van der Waals surface area contributed by atoms with E-state index in [1.807, 2.05) is 0 Å². The number of benzene rings is 3. The molecule has 0 fully saturated rings. The lowest BCUT2D eigenvalue weighted by molar-refractivity contribution is -0.119. The molecule has 0 aromatic heterocycles. The molecule has 144 valence electrons. The summed E-state index contributed by atoms with van der Waals surface area (Å²) in [4.78, 5) is 12.6. The van der Waals surface area contributed by atoms with Crippen molar-refractivity contribution >= 4 is 33.2 Å². The molecule has 0 heterocycles. The highest BCUT2D eigenvalue weighted by Crippen LogP contribution is 2.23. The second-order valence-electron chi connectivity index (χ2n) is 6.06. The van der Waals surface area contributed by atoms with Crippen molar-refractivity contribution in [2.45, 2.75) is 11.4 Å². The van der Waals surface area contributed by atoms with Gasteiger partial charge in [0.05, 0.1) is 10.6 Å². The Morgan fingerprint density at radius 1 is 0.857 bits per heavy atom. The fourth-order valence-electron chi connectivity index (χ4n) is 2.62. The quantitative estimate of drug-likeness (QED) is 0.638. The standard InChI is InChI=1S/C21H19ClN2O3S/c22-18-13-11-17(12-14-18)15-23-21(25)16-24(19-7-3-1-4-8-19)28(26,27)20-9-5-2-6-10-20/h1-14H,15-16H2,(H,23,25). The SMILES string of the molecule is O=C(CN(c1ccccc1)S(=O)(=O)c1ccccc1)NCc1ccc(Cl)cc1. The number of nitrogens with one attached hydrogen (secondary N) is 1. The van der Waals surface area contributed by atoms with E-state index in [0.717, 1.165) is 9.87 Å². The Bertz CT molecular complexity index is 1020. The van der Waals surface area contributed by atoms with Gasteiger partial charge in [0.25, 0.3) is 10.0 Å². The summed E-state index contributed by atoms with van der Waals surface area (Å²) in [6.07, 6.45) is 0. The minimum absolute atomic E-state index is 0.129. The molecule has 1 amide bonds. The lowest BCUT2D eigenvalue weighted by Gasteiger charge is -2.24. The normalized spacial score (nSPS) is 11.0. The number of hydrogen-bond donors (Lipinski definition) is 1. The molecule has 0 radical (unpaired) electrons. The van der Waals surface area contributed by atoms with E-state index in [2.05, 4.69) is 5.32 Å². The van der Waals surface area contributed by atoms with Crippen LogP contribution in [0, 0.1) is 0 Å². The van der Waals surface area contributed by atoms with Crippen molar-refractivity contribution in [1.82, 2.24) is 5.32 Å². The van der Waals surface area contributed by atoms with Crippen LogP contribution in [-0.2, 0) is 21.4 Å². The molecule has 3 rings (SSSR count). The van der Waals surface area contributed by atoms with E-state index in [-0.39, 0.29) is 18.0 Å². The van der Waals surface area contributed by atoms with E-state index in [4.69, 9.17) is 11.6 Å². The molecule has 1 N–H and O–H groups in total. The summed E-state index contributed by atoms with van der Waals surface area (Å²) >= 11 is 5.86. The number of para-hydroxylation sites is 1.